The second kappa shape index (κ2) is 5.22. The molecular formula is C17H21NO. The molecule has 1 heterocycles. The average molecular weight is 255 g/mol. The molecule has 0 aliphatic heterocycles. The number of aryl methyl sites for hydroxylation is 2. The van der Waals surface area contributed by atoms with Crippen LogP contribution in [0, 0.1) is 19.8 Å². The second-order valence-corrected chi connectivity index (χ2v) is 5.62. The van der Waals surface area contributed by atoms with Gasteiger partial charge in [0.05, 0.1) is 6.54 Å². The molecule has 2 heteroatoms. The van der Waals surface area contributed by atoms with Crippen LogP contribution in [0.1, 0.15) is 41.5 Å². The van der Waals surface area contributed by atoms with Crippen LogP contribution in [-0.4, -0.2) is 0 Å². The van der Waals surface area contributed by atoms with Gasteiger partial charge in [-0.05, 0) is 50.3 Å². The average Bonchev–Trinajstić information content (AvgIpc) is 3.15. The van der Waals surface area contributed by atoms with Crippen LogP contribution in [0.25, 0.3) is 0 Å². The summed E-state index contributed by atoms with van der Waals surface area (Å²) in [5, 5.41) is 3.65. The maximum atomic E-state index is 5.63. The molecule has 100 valence electrons. The summed E-state index contributed by atoms with van der Waals surface area (Å²) in [6.45, 7) is 4.93. The van der Waals surface area contributed by atoms with E-state index in [9.17, 15) is 0 Å². The van der Waals surface area contributed by atoms with Crippen LogP contribution >= 0.6 is 0 Å². The van der Waals surface area contributed by atoms with Gasteiger partial charge in [0, 0.05) is 6.04 Å². The Balaban J connectivity index is 1.69. The molecule has 0 spiro atoms. The molecule has 3 rings (SSSR count). The first-order valence-corrected chi connectivity index (χ1v) is 7.07. The number of nitrogens with one attached hydrogen (secondary N) is 1. The molecule has 19 heavy (non-hydrogen) atoms. The Hall–Kier alpha value is -1.54. The monoisotopic (exact) mass is 255 g/mol. The molecule has 1 atom stereocenters. The zero-order chi connectivity index (χ0) is 13.2. The third-order valence-corrected chi connectivity index (χ3v) is 3.82. The lowest BCUT2D eigenvalue weighted by atomic mass is 10.0. The van der Waals surface area contributed by atoms with E-state index in [4.69, 9.17) is 4.42 Å². The van der Waals surface area contributed by atoms with E-state index >= 15 is 0 Å². The Kier molecular flexibility index (Phi) is 3.43. The van der Waals surface area contributed by atoms with Gasteiger partial charge in [-0.1, -0.05) is 29.8 Å². The fraction of sp³-hybridized carbons (Fsp3) is 0.412. The van der Waals surface area contributed by atoms with Crippen molar-refractivity contribution in [1.29, 1.82) is 0 Å². The molecule has 1 fully saturated rings. The normalized spacial score (nSPS) is 16.5. The molecular weight excluding hydrogens is 234 g/mol. The summed E-state index contributed by atoms with van der Waals surface area (Å²) in [4.78, 5) is 0. The molecule has 1 N–H and O–H groups in total. The van der Waals surface area contributed by atoms with Gasteiger partial charge in [-0.25, -0.2) is 0 Å². The summed E-state index contributed by atoms with van der Waals surface area (Å²) in [5.74, 6) is 2.80. The predicted octanol–water partition coefficient (Wildman–Crippen LogP) is 4.14. The van der Waals surface area contributed by atoms with E-state index in [1.165, 1.54) is 24.0 Å². The van der Waals surface area contributed by atoms with E-state index < -0.39 is 0 Å². The van der Waals surface area contributed by atoms with Gasteiger partial charge in [0.2, 0.25) is 0 Å². The Labute approximate surface area is 114 Å². The molecule has 0 radical (unpaired) electrons. The van der Waals surface area contributed by atoms with E-state index in [2.05, 4.69) is 42.6 Å². The van der Waals surface area contributed by atoms with Gasteiger partial charge in [-0.15, -0.1) is 0 Å². The zero-order valence-electron chi connectivity index (χ0n) is 11.6. The maximum Gasteiger partial charge on any atom is 0.117 e. The molecule has 2 nitrogen and oxygen atoms in total. The van der Waals surface area contributed by atoms with Gasteiger partial charge in [-0.2, -0.15) is 0 Å². The molecule has 1 aromatic carbocycles. The Morgan fingerprint density at radius 1 is 1.11 bits per heavy atom. The van der Waals surface area contributed by atoms with Gasteiger partial charge in [0.25, 0.3) is 0 Å². The van der Waals surface area contributed by atoms with E-state index in [1.54, 1.807) is 0 Å². The van der Waals surface area contributed by atoms with Crippen molar-refractivity contribution < 1.29 is 4.42 Å². The van der Waals surface area contributed by atoms with Crippen LogP contribution in [0.3, 0.4) is 0 Å². The Morgan fingerprint density at radius 2 is 1.84 bits per heavy atom. The van der Waals surface area contributed by atoms with Crippen molar-refractivity contribution in [2.45, 2.75) is 39.3 Å². The minimum Gasteiger partial charge on any atom is -0.465 e. The van der Waals surface area contributed by atoms with Crippen molar-refractivity contribution >= 4 is 0 Å². The van der Waals surface area contributed by atoms with Gasteiger partial charge in [0.15, 0.2) is 0 Å². The summed E-state index contributed by atoms with van der Waals surface area (Å²) >= 11 is 0. The lowest BCUT2D eigenvalue weighted by Gasteiger charge is -2.18. The van der Waals surface area contributed by atoms with Crippen LogP contribution in [0.15, 0.2) is 40.8 Å². The maximum absolute atomic E-state index is 5.63. The Bertz CT molecular complexity index is 537. The van der Waals surface area contributed by atoms with Crippen LogP contribution in [0.2, 0.25) is 0 Å². The minimum atomic E-state index is 0.464. The number of rotatable bonds is 5. The molecule has 1 aliphatic rings. The highest BCUT2D eigenvalue weighted by atomic mass is 16.3. The van der Waals surface area contributed by atoms with Crippen molar-refractivity contribution in [3.8, 4) is 0 Å². The van der Waals surface area contributed by atoms with Gasteiger partial charge < -0.3 is 9.73 Å². The largest absolute Gasteiger partial charge is 0.465 e. The van der Waals surface area contributed by atoms with Crippen molar-refractivity contribution in [3.05, 3.63) is 59.0 Å². The van der Waals surface area contributed by atoms with Crippen LogP contribution in [-0.2, 0) is 6.54 Å². The standard InChI is InChI=1S/C17H21NO/c1-12-3-6-14(7-4-12)17(15-8-9-15)18-11-16-10-5-13(2)19-16/h3-7,10,15,17-18H,8-9,11H2,1-2H3. The molecule has 1 aliphatic carbocycles. The minimum absolute atomic E-state index is 0.464. The summed E-state index contributed by atoms with van der Waals surface area (Å²) in [5.41, 5.74) is 2.72. The van der Waals surface area contributed by atoms with Crippen LogP contribution in [0.5, 0.6) is 0 Å². The molecule has 0 bridgehead atoms. The van der Waals surface area contributed by atoms with Crippen LogP contribution in [0.4, 0.5) is 0 Å². The lowest BCUT2D eigenvalue weighted by Crippen LogP contribution is -2.22. The fourth-order valence-electron chi connectivity index (χ4n) is 2.55. The molecule has 1 aromatic heterocycles. The van der Waals surface area contributed by atoms with Crippen molar-refractivity contribution in [2.24, 2.45) is 5.92 Å². The third-order valence-electron chi connectivity index (χ3n) is 3.82. The first-order chi connectivity index (χ1) is 9.22. The summed E-state index contributed by atoms with van der Waals surface area (Å²) in [7, 11) is 0. The van der Waals surface area contributed by atoms with Crippen molar-refractivity contribution in [2.75, 3.05) is 0 Å². The number of hydrogen-bond donors (Lipinski definition) is 1. The summed E-state index contributed by atoms with van der Waals surface area (Å²) < 4.78 is 5.63. The quantitative estimate of drug-likeness (QED) is 0.868. The van der Waals surface area contributed by atoms with E-state index in [-0.39, 0.29) is 0 Å². The topological polar surface area (TPSA) is 25.2 Å². The Morgan fingerprint density at radius 3 is 2.42 bits per heavy atom. The van der Waals surface area contributed by atoms with Gasteiger partial charge in [0.1, 0.15) is 11.5 Å². The third kappa shape index (κ3) is 3.07. The van der Waals surface area contributed by atoms with E-state index in [1.807, 2.05) is 13.0 Å². The summed E-state index contributed by atoms with van der Waals surface area (Å²) in [6, 6.07) is 13.4. The fourth-order valence-corrected chi connectivity index (χ4v) is 2.55. The van der Waals surface area contributed by atoms with Crippen molar-refractivity contribution in [3.63, 3.8) is 0 Å². The zero-order valence-corrected chi connectivity index (χ0v) is 11.6. The van der Waals surface area contributed by atoms with E-state index in [0.717, 1.165) is 24.0 Å². The van der Waals surface area contributed by atoms with Crippen LogP contribution < -0.4 is 5.32 Å². The van der Waals surface area contributed by atoms with E-state index in [0.29, 0.717) is 6.04 Å². The lowest BCUT2D eigenvalue weighted by molar-refractivity contribution is 0.416. The highest BCUT2D eigenvalue weighted by Gasteiger charge is 2.31. The predicted molar refractivity (Wildman–Crippen MR) is 76.9 cm³/mol. The van der Waals surface area contributed by atoms with Gasteiger partial charge in [-0.3, -0.25) is 0 Å². The van der Waals surface area contributed by atoms with Gasteiger partial charge >= 0.3 is 0 Å². The molecule has 2 aromatic rings. The SMILES string of the molecule is Cc1ccc(C(NCc2ccc(C)o2)C2CC2)cc1. The van der Waals surface area contributed by atoms with Crippen molar-refractivity contribution in [1.82, 2.24) is 5.32 Å². The molecule has 1 saturated carbocycles. The highest BCUT2D eigenvalue weighted by Crippen LogP contribution is 2.41. The second-order valence-electron chi connectivity index (χ2n) is 5.62. The highest BCUT2D eigenvalue weighted by molar-refractivity contribution is 5.25. The number of hydrogen-bond acceptors (Lipinski definition) is 2. The number of furan rings is 1. The molecule has 0 saturated heterocycles. The molecule has 0 amide bonds. The first-order valence-electron chi connectivity index (χ1n) is 7.07. The summed E-state index contributed by atoms with van der Waals surface area (Å²) in [6.07, 6.45) is 2.67. The smallest absolute Gasteiger partial charge is 0.117 e. The molecule has 1 unspecified atom stereocenters. The number of benzene rings is 1. The first kappa shape index (κ1) is 12.5.